The summed E-state index contributed by atoms with van der Waals surface area (Å²) < 4.78 is 29.0. The van der Waals surface area contributed by atoms with Crippen LogP contribution < -0.4 is 0 Å². The van der Waals surface area contributed by atoms with E-state index in [2.05, 4.69) is 0 Å². The highest BCUT2D eigenvalue weighted by Crippen LogP contribution is 2.30. The molecule has 8 heteroatoms. The summed E-state index contributed by atoms with van der Waals surface area (Å²) in [5.41, 5.74) is 1.06. The highest BCUT2D eigenvalue weighted by molar-refractivity contribution is 5.75. The fraction of sp³-hybridized carbons (Fsp3) is 0.481. The van der Waals surface area contributed by atoms with E-state index in [0.717, 1.165) is 11.1 Å². The van der Waals surface area contributed by atoms with Gasteiger partial charge < -0.3 is 28.8 Å². The van der Waals surface area contributed by atoms with E-state index in [0.29, 0.717) is 0 Å². The Hall–Kier alpha value is -2.78. The number of hydrogen-bond acceptors (Lipinski definition) is 8. The molecule has 190 valence electrons. The van der Waals surface area contributed by atoms with Crippen LogP contribution in [0.4, 0.5) is 0 Å². The van der Waals surface area contributed by atoms with Crippen LogP contribution in [0.25, 0.3) is 0 Å². The Labute approximate surface area is 206 Å². The Balaban J connectivity index is 1.82. The van der Waals surface area contributed by atoms with Crippen molar-refractivity contribution in [3.63, 3.8) is 0 Å². The molecule has 0 spiro atoms. The number of ether oxygens (including phenoxy) is 5. The van der Waals surface area contributed by atoms with E-state index in [1.807, 2.05) is 60.7 Å². The second kappa shape index (κ2) is 12.3. The Morgan fingerprint density at radius 1 is 0.857 bits per heavy atom. The first kappa shape index (κ1) is 26.8. The molecule has 1 aliphatic heterocycles. The van der Waals surface area contributed by atoms with Gasteiger partial charge in [-0.3, -0.25) is 9.59 Å². The molecule has 0 amide bonds. The molecule has 8 nitrogen and oxygen atoms in total. The van der Waals surface area contributed by atoms with E-state index in [9.17, 15) is 14.7 Å². The van der Waals surface area contributed by atoms with Crippen LogP contribution in [0, 0.1) is 5.41 Å². The van der Waals surface area contributed by atoms with E-state index in [-0.39, 0.29) is 19.8 Å². The van der Waals surface area contributed by atoms with Crippen molar-refractivity contribution in [2.45, 2.75) is 71.6 Å². The first-order chi connectivity index (χ1) is 16.6. The van der Waals surface area contributed by atoms with Gasteiger partial charge in [0.05, 0.1) is 18.6 Å². The fourth-order valence-corrected chi connectivity index (χ4v) is 3.64. The number of rotatable bonds is 9. The Bertz CT molecular complexity index is 941. The van der Waals surface area contributed by atoms with Crippen LogP contribution >= 0.6 is 0 Å². The fourth-order valence-electron chi connectivity index (χ4n) is 3.64. The third-order valence-electron chi connectivity index (χ3n) is 5.47. The maximum absolute atomic E-state index is 12.4. The monoisotopic (exact) mass is 486 g/mol. The molecular formula is C27H34O8. The summed E-state index contributed by atoms with van der Waals surface area (Å²) in [5, 5.41) is 10.8. The number of carbonyl (C=O) groups excluding carboxylic acids is 2. The van der Waals surface area contributed by atoms with Gasteiger partial charge in [0.2, 0.25) is 0 Å². The standard InChI is InChI=1S/C27H34O8/c1-18(28)34-23-22(31-15-19-11-7-5-8-12-19)21(17-33-26(30)27(2,3)4)35-25(29)24(23)32-16-20-13-9-6-10-14-20/h5-14,21-25,29H,15-17H2,1-4H3/t21-,22+,23+,24-,25+/m1/s1. The largest absolute Gasteiger partial charge is 0.462 e. The van der Waals surface area contributed by atoms with Crippen LogP contribution in [-0.2, 0) is 46.5 Å². The zero-order chi connectivity index (χ0) is 25.4. The molecule has 0 unspecified atom stereocenters. The van der Waals surface area contributed by atoms with Crippen LogP contribution in [0.1, 0.15) is 38.8 Å². The summed E-state index contributed by atoms with van der Waals surface area (Å²) in [6.45, 7) is 6.67. The number of carbonyl (C=O) groups is 2. The molecule has 35 heavy (non-hydrogen) atoms. The van der Waals surface area contributed by atoms with Gasteiger partial charge in [-0.25, -0.2) is 0 Å². The van der Waals surface area contributed by atoms with Gasteiger partial charge in [-0.05, 0) is 31.9 Å². The van der Waals surface area contributed by atoms with Gasteiger partial charge in [-0.1, -0.05) is 60.7 Å². The average molecular weight is 487 g/mol. The number of aliphatic hydroxyl groups excluding tert-OH is 1. The van der Waals surface area contributed by atoms with Crippen molar-refractivity contribution < 1.29 is 38.4 Å². The zero-order valence-electron chi connectivity index (χ0n) is 20.6. The quantitative estimate of drug-likeness (QED) is 0.539. The molecule has 2 aromatic carbocycles. The highest BCUT2D eigenvalue weighted by Gasteiger charge is 2.49. The van der Waals surface area contributed by atoms with Gasteiger partial charge in [-0.2, -0.15) is 0 Å². The number of hydrogen-bond donors (Lipinski definition) is 1. The van der Waals surface area contributed by atoms with Crippen molar-refractivity contribution in [1.29, 1.82) is 0 Å². The third kappa shape index (κ3) is 7.86. The molecular weight excluding hydrogens is 452 g/mol. The van der Waals surface area contributed by atoms with E-state index in [1.54, 1.807) is 20.8 Å². The molecule has 1 N–H and O–H groups in total. The Morgan fingerprint density at radius 2 is 1.37 bits per heavy atom. The van der Waals surface area contributed by atoms with Gasteiger partial charge in [0.25, 0.3) is 0 Å². The van der Waals surface area contributed by atoms with Crippen LogP contribution in [0.2, 0.25) is 0 Å². The van der Waals surface area contributed by atoms with Gasteiger partial charge in [0.15, 0.2) is 12.4 Å². The lowest BCUT2D eigenvalue weighted by Crippen LogP contribution is -2.61. The lowest BCUT2D eigenvalue weighted by atomic mass is 9.96. The predicted molar refractivity (Wildman–Crippen MR) is 127 cm³/mol. The van der Waals surface area contributed by atoms with Crippen molar-refractivity contribution in [2.75, 3.05) is 6.61 Å². The second-order valence-corrected chi connectivity index (χ2v) is 9.51. The molecule has 0 saturated carbocycles. The van der Waals surface area contributed by atoms with Crippen LogP contribution in [0.15, 0.2) is 60.7 Å². The molecule has 1 fully saturated rings. The summed E-state index contributed by atoms with van der Waals surface area (Å²) >= 11 is 0. The minimum absolute atomic E-state index is 0.165. The van der Waals surface area contributed by atoms with Crippen molar-refractivity contribution in [3.8, 4) is 0 Å². The zero-order valence-corrected chi connectivity index (χ0v) is 20.6. The van der Waals surface area contributed by atoms with Crippen molar-refractivity contribution in [2.24, 2.45) is 5.41 Å². The molecule has 0 radical (unpaired) electrons. The van der Waals surface area contributed by atoms with Gasteiger partial charge in [0.1, 0.15) is 24.9 Å². The SMILES string of the molecule is CC(=O)O[C@@H]1[C@@H](OCc2ccccc2)[C@@H](O)O[C@H](COC(=O)C(C)(C)C)[C@@H]1OCc1ccccc1. The average Bonchev–Trinajstić information content (AvgIpc) is 2.82. The van der Waals surface area contributed by atoms with E-state index in [1.165, 1.54) is 6.92 Å². The summed E-state index contributed by atoms with van der Waals surface area (Å²) in [6, 6.07) is 18.9. The third-order valence-corrected chi connectivity index (χ3v) is 5.47. The lowest BCUT2D eigenvalue weighted by Gasteiger charge is -2.43. The van der Waals surface area contributed by atoms with Crippen LogP contribution in [-0.4, -0.2) is 54.4 Å². The maximum Gasteiger partial charge on any atom is 0.311 e. The molecule has 0 aromatic heterocycles. The molecule has 3 rings (SSSR count). The Morgan fingerprint density at radius 3 is 1.86 bits per heavy atom. The summed E-state index contributed by atoms with van der Waals surface area (Å²) in [5.74, 6) is -0.986. The molecule has 1 saturated heterocycles. The molecule has 0 bridgehead atoms. The summed E-state index contributed by atoms with van der Waals surface area (Å²) in [7, 11) is 0. The minimum atomic E-state index is -1.43. The van der Waals surface area contributed by atoms with Crippen LogP contribution in [0.3, 0.4) is 0 Å². The molecule has 1 heterocycles. The number of aliphatic hydroxyl groups is 1. The minimum Gasteiger partial charge on any atom is -0.462 e. The van der Waals surface area contributed by atoms with Crippen molar-refractivity contribution in [1.82, 2.24) is 0 Å². The van der Waals surface area contributed by atoms with Crippen LogP contribution in [0.5, 0.6) is 0 Å². The Kier molecular flexibility index (Phi) is 9.40. The van der Waals surface area contributed by atoms with Crippen molar-refractivity contribution in [3.05, 3.63) is 71.8 Å². The van der Waals surface area contributed by atoms with Crippen molar-refractivity contribution >= 4 is 11.9 Å². The second-order valence-electron chi connectivity index (χ2n) is 9.51. The molecule has 0 aliphatic carbocycles. The smallest absolute Gasteiger partial charge is 0.311 e. The van der Waals surface area contributed by atoms with E-state index < -0.39 is 48.1 Å². The normalized spacial score (nSPS) is 24.5. The molecule has 1 aliphatic rings. The summed E-state index contributed by atoms with van der Waals surface area (Å²) in [6.07, 6.45) is -5.20. The highest BCUT2D eigenvalue weighted by atomic mass is 16.7. The molecule has 5 atom stereocenters. The van der Waals surface area contributed by atoms with Gasteiger partial charge >= 0.3 is 11.9 Å². The first-order valence-electron chi connectivity index (χ1n) is 11.6. The maximum atomic E-state index is 12.4. The molecule has 2 aromatic rings. The van der Waals surface area contributed by atoms with E-state index >= 15 is 0 Å². The van der Waals surface area contributed by atoms with E-state index in [4.69, 9.17) is 23.7 Å². The number of esters is 2. The number of benzene rings is 2. The first-order valence-corrected chi connectivity index (χ1v) is 11.6. The van der Waals surface area contributed by atoms with Gasteiger partial charge in [0, 0.05) is 6.92 Å². The lowest BCUT2D eigenvalue weighted by molar-refractivity contribution is -0.309. The summed E-state index contributed by atoms with van der Waals surface area (Å²) in [4.78, 5) is 24.4. The predicted octanol–water partition coefficient (Wildman–Crippen LogP) is 3.40. The topological polar surface area (TPSA) is 101 Å². The van der Waals surface area contributed by atoms with Gasteiger partial charge in [-0.15, -0.1) is 0 Å².